The topological polar surface area (TPSA) is 83.5 Å². The molecule has 0 aromatic heterocycles. The number of aryl methyl sites for hydroxylation is 1. The third-order valence-electron chi connectivity index (χ3n) is 3.62. The number of carbonyl (C=O) groups is 1. The lowest BCUT2D eigenvalue weighted by Crippen LogP contribution is -2.13. The van der Waals surface area contributed by atoms with E-state index in [-0.39, 0.29) is 34.4 Å². The largest absolute Gasteiger partial charge is 0.506 e. The fraction of sp³-hybridized carbons (Fsp3) is 0.235. The number of hydrogen-bond donors (Lipinski definition) is 2. The molecule has 0 atom stereocenters. The number of halogens is 2. The number of aromatic hydroxyl groups is 1. The number of sulfone groups is 1. The maximum atomic E-state index is 12.1. The lowest BCUT2D eigenvalue weighted by atomic mass is 10.1. The minimum Gasteiger partial charge on any atom is -0.506 e. The Kier molecular flexibility index (Phi) is 6.32. The zero-order valence-corrected chi connectivity index (χ0v) is 15.7. The Balaban J connectivity index is 2.09. The molecule has 134 valence electrons. The molecular weight excluding hydrogens is 385 g/mol. The number of amides is 1. The van der Waals surface area contributed by atoms with Gasteiger partial charge >= 0.3 is 0 Å². The van der Waals surface area contributed by atoms with Gasteiger partial charge in [0.15, 0.2) is 9.84 Å². The molecule has 0 aliphatic carbocycles. The molecule has 0 unspecified atom stereocenters. The third-order valence-corrected chi connectivity index (χ3v) is 5.94. The van der Waals surface area contributed by atoms with Crippen LogP contribution >= 0.6 is 23.2 Å². The first-order valence-electron chi connectivity index (χ1n) is 7.52. The van der Waals surface area contributed by atoms with Gasteiger partial charge in [-0.05, 0) is 42.3 Å². The molecular formula is C17H17Cl2NO4S. The van der Waals surface area contributed by atoms with E-state index in [1.807, 2.05) is 0 Å². The molecule has 0 saturated carbocycles. The number of anilines is 1. The van der Waals surface area contributed by atoms with E-state index in [9.17, 15) is 18.3 Å². The highest BCUT2D eigenvalue weighted by molar-refractivity contribution is 7.91. The van der Waals surface area contributed by atoms with Crippen LogP contribution in [0.25, 0.3) is 0 Å². The van der Waals surface area contributed by atoms with E-state index in [2.05, 4.69) is 5.32 Å². The molecule has 0 aliphatic rings. The summed E-state index contributed by atoms with van der Waals surface area (Å²) in [5.41, 5.74) is 0.828. The van der Waals surface area contributed by atoms with Crippen LogP contribution in [-0.2, 0) is 21.1 Å². The van der Waals surface area contributed by atoms with Gasteiger partial charge < -0.3 is 10.4 Å². The van der Waals surface area contributed by atoms with Crippen LogP contribution in [0.5, 0.6) is 5.75 Å². The molecule has 0 spiro atoms. The molecule has 8 heteroatoms. The van der Waals surface area contributed by atoms with Gasteiger partial charge in [-0.2, -0.15) is 0 Å². The van der Waals surface area contributed by atoms with Crippen LogP contribution in [0.2, 0.25) is 10.0 Å². The van der Waals surface area contributed by atoms with E-state index in [0.717, 1.165) is 5.56 Å². The summed E-state index contributed by atoms with van der Waals surface area (Å²) in [4.78, 5) is 12.2. The second-order valence-electron chi connectivity index (χ2n) is 5.37. The van der Waals surface area contributed by atoms with E-state index in [1.54, 1.807) is 18.2 Å². The van der Waals surface area contributed by atoms with Crippen LogP contribution in [-0.4, -0.2) is 25.2 Å². The quantitative estimate of drug-likeness (QED) is 0.714. The molecule has 0 radical (unpaired) electrons. The summed E-state index contributed by atoms with van der Waals surface area (Å²) in [6.45, 7) is 1.52. The van der Waals surface area contributed by atoms with Crippen LogP contribution in [0.1, 0.15) is 18.9 Å². The van der Waals surface area contributed by atoms with Crippen LogP contribution in [0.15, 0.2) is 41.3 Å². The lowest BCUT2D eigenvalue weighted by Gasteiger charge is -2.10. The van der Waals surface area contributed by atoms with Gasteiger partial charge in [-0.25, -0.2) is 8.42 Å². The Morgan fingerprint density at radius 2 is 1.88 bits per heavy atom. The molecule has 1 amide bonds. The van der Waals surface area contributed by atoms with Crippen LogP contribution in [0, 0.1) is 0 Å². The van der Waals surface area contributed by atoms with Crippen molar-refractivity contribution in [2.24, 2.45) is 0 Å². The lowest BCUT2D eigenvalue weighted by molar-refractivity contribution is -0.116. The van der Waals surface area contributed by atoms with E-state index >= 15 is 0 Å². The number of phenols is 1. The van der Waals surface area contributed by atoms with Crippen molar-refractivity contribution < 1.29 is 18.3 Å². The molecule has 0 bridgehead atoms. The van der Waals surface area contributed by atoms with Crippen molar-refractivity contribution in [2.45, 2.75) is 24.7 Å². The number of phenolic OH excluding ortho intramolecular Hbond substituents is 1. The molecule has 2 rings (SSSR count). The Hall–Kier alpha value is -1.76. The van der Waals surface area contributed by atoms with E-state index in [1.165, 1.54) is 25.1 Å². The van der Waals surface area contributed by atoms with Crippen LogP contribution < -0.4 is 5.32 Å². The van der Waals surface area contributed by atoms with E-state index < -0.39 is 9.84 Å². The number of nitrogens with one attached hydrogen (secondary N) is 1. The number of hydrogen-bond acceptors (Lipinski definition) is 4. The Morgan fingerprint density at radius 3 is 2.52 bits per heavy atom. The first-order chi connectivity index (χ1) is 11.7. The van der Waals surface area contributed by atoms with E-state index in [4.69, 9.17) is 23.2 Å². The predicted octanol–water partition coefficient (Wildman–Crippen LogP) is 4.06. The maximum Gasteiger partial charge on any atom is 0.224 e. The molecule has 25 heavy (non-hydrogen) atoms. The Bertz CT molecular complexity index is 898. The number of rotatable bonds is 6. The summed E-state index contributed by atoms with van der Waals surface area (Å²) in [6, 6.07) is 8.82. The van der Waals surface area contributed by atoms with Crippen molar-refractivity contribution in [1.82, 2.24) is 0 Å². The van der Waals surface area contributed by atoms with E-state index in [0.29, 0.717) is 16.5 Å². The first-order valence-corrected chi connectivity index (χ1v) is 9.93. The SMILES string of the molecule is CCS(=O)(=O)c1ccc(O)c(NC(=O)CCc2ccc(Cl)cc2Cl)c1. The second-order valence-corrected chi connectivity index (χ2v) is 8.49. The van der Waals surface area contributed by atoms with Gasteiger partial charge in [0.1, 0.15) is 5.75 Å². The summed E-state index contributed by atoms with van der Waals surface area (Å²) in [5.74, 6) is -0.638. The minimum absolute atomic E-state index is 0.0452. The first kappa shape index (κ1) is 19.6. The standard InChI is InChI=1S/C17H17Cl2NO4S/c1-2-25(23,24)13-6-7-16(21)15(10-13)20-17(22)8-4-11-3-5-12(18)9-14(11)19/h3,5-7,9-10,21H,2,4,8H2,1H3,(H,20,22). The van der Waals surface area contributed by atoms with Crippen molar-refractivity contribution in [3.63, 3.8) is 0 Å². The normalized spacial score (nSPS) is 11.3. The summed E-state index contributed by atoms with van der Waals surface area (Å²) in [5, 5.41) is 13.3. The van der Waals surface area contributed by atoms with Crippen molar-refractivity contribution in [2.75, 3.05) is 11.1 Å². The van der Waals surface area contributed by atoms with Crippen molar-refractivity contribution in [1.29, 1.82) is 0 Å². The summed E-state index contributed by atoms with van der Waals surface area (Å²) in [7, 11) is -3.43. The Labute approximate surface area is 156 Å². The van der Waals surface area contributed by atoms with Gasteiger partial charge in [0.05, 0.1) is 16.3 Å². The molecule has 0 saturated heterocycles. The molecule has 0 fully saturated rings. The summed E-state index contributed by atoms with van der Waals surface area (Å²) in [6.07, 6.45) is 0.501. The molecule has 2 aromatic carbocycles. The average molecular weight is 402 g/mol. The molecule has 2 N–H and O–H groups in total. The van der Waals surface area contributed by atoms with Gasteiger partial charge in [0.2, 0.25) is 5.91 Å². The van der Waals surface area contributed by atoms with Crippen LogP contribution in [0.3, 0.4) is 0 Å². The highest BCUT2D eigenvalue weighted by Crippen LogP contribution is 2.27. The van der Waals surface area contributed by atoms with Gasteiger partial charge in [-0.15, -0.1) is 0 Å². The zero-order chi connectivity index (χ0) is 18.6. The summed E-state index contributed by atoms with van der Waals surface area (Å²) >= 11 is 11.9. The van der Waals surface area contributed by atoms with Crippen molar-refractivity contribution >= 4 is 44.6 Å². The number of carbonyl (C=O) groups excluding carboxylic acids is 1. The van der Waals surface area contributed by atoms with Gasteiger partial charge in [0.25, 0.3) is 0 Å². The molecule has 2 aromatic rings. The van der Waals surface area contributed by atoms with Gasteiger partial charge in [-0.3, -0.25) is 4.79 Å². The number of benzene rings is 2. The third kappa shape index (κ3) is 5.11. The van der Waals surface area contributed by atoms with Crippen LogP contribution in [0.4, 0.5) is 5.69 Å². The molecule has 0 heterocycles. The van der Waals surface area contributed by atoms with Crippen molar-refractivity contribution in [3.05, 3.63) is 52.0 Å². The smallest absolute Gasteiger partial charge is 0.224 e. The fourth-order valence-corrected chi connectivity index (χ4v) is 3.57. The minimum atomic E-state index is -3.43. The molecule has 5 nitrogen and oxygen atoms in total. The van der Waals surface area contributed by atoms with Gasteiger partial charge in [-0.1, -0.05) is 36.2 Å². The molecule has 0 aliphatic heterocycles. The van der Waals surface area contributed by atoms with Gasteiger partial charge in [0, 0.05) is 16.5 Å². The predicted molar refractivity (Wildman–Crippen MR) is 99.2 cm³/mol. The second kappa shape index (κ2) is 8.08. The highest BCUT2D eigenvalue weighted by Gasteiger charge is 2.15. The Morgan fingerprint density at radius 1 is 1.16 bits per heavy atom. The maximum absolute atomic E-state index is 12.1. The summed E-state index contributed by atoms with van der Waals surface area (Å²) < 4.78 is 23.8. The highest BCUT2D eigenvalue weighted by atomic mass is 35.5. The van der Waals surface area contributed by atoms with Crippen molar-refractivity contribution in [3.8, 4) is 5.75 Å². The fourth-order valence-electron chi connectivity index (χ4n) is 2.16. The monoisotopic (exact) mass is 401 g/mol. The zero-order valence-electron chi connectivity index (χ0n) is 13.4. The average Bonchev–Trinajstić information content (AvgIpc) is 2.56.